The van der Waals surface area contributed by atoms with Crippen molar-refractivity contribution in [1.29, 1.82) is 0 Å². The molecule has 4 heteroatoms. The summed E-state index contributed by atoms with van der Waals surface area (Å²) in [6, 6.07) is 10.5. The van der Waals surface area contributed by atoms with E-state index in [0.717, 1.165) is 11.8 Å². The Morgan fingerprint density at radius 1 is 1.06 bits per heavy atom. The van der Waals surface area contributed by atoms with Crippen molar-refractivity contribution < 1.29 is 9.53 Å². The van der Waals surface area contributed by atoms with Gasteiger partial charge in [-0.3, -0.25) is 4.79 Å². The van der Waals surface area contributed by atoms with Crippen LogP contribution in [0.2, 0.25) is 10.0 Å². The molecule has 0 saturated heterocycles. The van der Waals surface area contributed by atoms with Crippen molar-refractivity contribution in [1.82, 2.24) is 0 Å². The summed E-state index contributed by atoms with van der Waals surface area (Å²) in [5.74, 6) is 0.508. The lowest BCUT2D eigenvalue weighted by atomic mass is 10.0. The summed E-state index contributed by atoms with van der Waals surface area (Å²) < 4.78 is 5.09. The number of carbonyl (C=O) groups excluding carboxylic acids is 1. The Hall–Kier alpha value is -1.51. The molecule has 18 heavy (non-hydrogen) atoms. The molecule has 0 spiro atoms. The number of hydrogen-bond acceptors (Lipinski definition) is 2. The van der Waals surface area contributed by atoms with E-state index in [-0.39, 0.29) is 0 Å². The Kier molecular flexibility index (Phi) is 3.90. The van der Waals surface area contributed by atoms with Gasteiger partial charge in [0.2, 0.25) is 0 Å². The molecule has 0 saturated carbocycles. The highest BCUT2D eigenvalue weighted by molar-refractivity contribution is 6.36. The number of carbonyl (C=O) groups is 1. The normalized spacial score (nSPS) is 10.2. The first-order valence-corrected chi connectivity index (χ1v) is 6.00. The predicted octanol–water partition coefficient (Wildman–Crippen LogP) is 4.48. The molecule has 0 bridgehead atoms. The van der Waals surface area contributed by atoms with E-state index < -0.39 is 0 Å². The molecule has 0 unspecified atom stereocenters. The topological polar surface area (TPSA) is 26.3 Å². The van der Waals surface area contributed by atoms with Crippen molar-refractivity contribution in [3.63, 3.8) is 0 Å². The molecule has 0 aliphatic carbocycles. The van der Waals surface area contributed by atoms with Crippen LogP contribution in [0.4, 0.5) is 0 Å². The van der Waals surface area contributed by atoms with Gasteiger partial charge in [0.1, 0.15) is 5.75 Å². The van der Waals surface area contributed by atoms with E-state index in [0.29, 0.717) is 26.9 Å². The van der Waals surface area contributed by atoms with Crippen molar-refractivity contribution in [2.45, 2.75) is 0 Å². The molecule has 0 aliphatic rings. The lowest BCUT2D eigenvalue weighted by Gasteiger charge is -2.10. The highest BCUT2D eigenvalue weighted by atomic mass is 35.5. The molecule has 0 fully saturated rings. The lowest BCUT2D eigenvalue weighted by molar-refractivity contribution is 0.112. The number of methoxy groups -OCH3 is 1. The zero-order valence-corrected chi connectivity index (χ0v) is 11.1. The average Bonchev–Trinajstić information content (AvgIpc) is 2.41. The van der Waals surface area contributed by atoms with E-state index >= 15 is 0 Å². The number of rotatable bonds is 3. The van der Waals surface area contributed by atoms with Gasteiger partial charge < -0.3 is 4.74 Å². The lowest BCUT2D eigenvalue weighted by Crippen LogP contribution is -1.90. The quantitative estimate of drug-likeness (QED) is 0.775. The largest absolute Gasteiger partial charge is 0.495 e. The Labute approximate surface area is 115 Å². The Morgan fingerprint density at radius 3 is 2.44 bits per heavy atom. The summed E-state index contributed by atoms with van der Waals surface area (Å²) in [5.41, 5.74) is 2.04. The maximum absolute atomic E-state index is 11.0. The number of ether oxygens (including phenoxy) is 1. The Balaban J connectivity index is 2.64. The predicted molar refractivity (Wildman–Crippen MR) is 73.8 cm³/mol. The second kappa shape index (κ2) is 5.42. The minimum absolute atomic E-state index is 0.456. The van der Waals surface area contributed by atoms with Gasteiger partial charge in [0.05, 0.1) is 17.2 Å². The maximum atomic E-state index is 11.0. The first-order chi connectivity index (χ1) is 8.67. The fourth-order valence-corrected chi connectivity index (χ4v) is 2.23. The van der Waals surface area contributed by atoms with Crippen LogP contribution in [0.1, 0.15) is 10.4 Å². The fraction of sp³-hybridized carbons (Fsp3) is 0.0714. The standard InChI is InChI=1S/C14H10Cl2O2/c1-18-14-7-12(15)11(6-13(14)16)10-5-3-2-4-9(10)8-17/h2-8H,1H3. The summed E-state index contributed by atoms with van der Waals surface area (Å²) in [5, 5.41) is 0.947. The van der Waals surface area contributed by atoms with Crippen LogP contribution in [0.5, 0.6) is 5.75 Å². The second-order valence-corrected chi connectivity index (χ2v) is 4.49. The maximum Gasteiger partial charge on any atom is 0.150 e. The van der Waals surface area contributed by atoms with Gasteiger partial charge >= 0.3 is 0 Å². The summed E-state index contributed by atoms with van der Waals surface area (Å²) in [6.07, 6.45) is 0.795. The minimum atomic E-state index is 0.456. The molecule has 0 atom stereocenters. The molecule has 2 aromatic rings. The number of aldehydes is 1. The monoisotopic (exact) mass is 280 g/mol. The molecule has 2 rings (SSSR count). The molecular formula is C14H10Cl2O2. The Bertz CT molecular complexity index is 594. The molecular weight excluding hydrogens is 271 g/mol. The summed E-state index contributed by atoms with van der Waals surface area (Å²) in [7, 11) is 1.52. The van der Waals surface area contributed by atoms with E-state index in [4.69, 9.17) is 27.9 Å². The molecule has 0 heterocycles. The van der Waals surface area contributed by atoms with Crippen molar-refractivity contribution in [2.24, 2.45) is 0 Å². The molecule has 0 N–H and O–H groups in total. The third-order valence-corrected chi connectivity index (χ3v) is 3.23. The minimum Gasteiger partial charge on any atom is -0.495 e. The van der Waals surface area contributed by atoms with Gasteiger partial charge in [-0.25, -0.2) is 0 Å². The molecule has 92 valence electrons. The molecule has 0 amide bonds. The third-order valence-electron chi connectivity index (χ3n) is 2.62. The van der Waals surface area contributed by atoms with Crippen LogP contribution in [0.15, 0.2) is 36.4 Å². The molecule has 0 radical (unpaired) electrons. The van der Waals surface area contributed by atoms with Crippen LogP contribution in [-0.2, 0) is 0 Å². The van der Waals surface area contributed by atoms with E-state index in [1.54, 1.807) is 24.3 Å². The van der Waals surface area contributed by atoms with Gasteiger partial charge in [-0.2, -0.15) is 0 Å². The van der Waals surface area contributed by atoms with Gasteiger partial charge in [-0.1, -0.05) is 47.5 Å². The van der Waals surface area contributed by atoms with Gasteiger partial charge in [0, 0.05) is 17.2 Å². The third kappa shape index (κ3) is 2.35. The van der Waals surface area contributed by atoms with E-state index in [1.807, 2.05) is 12.1 Å². The van der Waals surface area contributed by atoms with Crippen LogP contribution in [0, 0.1) is 0 Å². The second-order valence-electron chi connectivity index (χ2n) is 3.67. The molecule has 0 aromatic heterocycles. The van der Waals surface area contributed by atoms with Crippen LogP contribution in [0.25, 0.3) is 11.1 Å². The highest BCUT2D eigenvalue weighted by Gasteiger charge is 2.12. The van der Waals surface area contributed by atoms with E-state index in [2.05, 4.69) is 0 Å². The van der Waals surface area contributed by atoms with Crippen LogP contribution in [-0.4, -0.2) is 13.4 Å². The van der Waals surface area contributed by atoms with Crippen LogP contribution in [0.3, 0.4) is 0 Å². The van der Waals surface area contributed by atoms with Crippen LogP contribution < -0.4 is 4.74 Å². The zero-order valence-electron chi connectivity index (χ0n) is 9.61. The van der Waals surface area contributed by atoms with Gasteiger partial charge in [0.15, 0.2) is 6.29 Å². The number of hydrogen-bond donors (Lipinski definition) is 0. The van der Waals surface area contributed by atoms with Gasteiger partial charge in [-0.05, 0) is 11.6 Å². The molecule has 2 nitrogen and oxygen atoms in total. The van der Waals surface area contributed by atoms with Crippen molar-refractivity contribution in [2.75, 3.05) is 7.11 Å². The smallest absolute Gasteiger partial charge is 0.150 e. The SMILES string of the molecule is COc1cc(Cl)c(-c2ccccc2C=O)cc1Cl. The summed E-state index contributed by atoms with van der Waals surface area (Å²) >= 11 is 12.3. The Morgan fingerprint density at radius 2 is 1.78 bits per heavy atom. The van der Waals surface area contributed by atoms with E-state index in [1.165, 1.54) is 7.11 Å². The average molecular weight is 281 g/mol. The van der Waals surface area contributed by atoms with Crippen molar-refractivity contribution >= 4 is 29.5 Å². The fourth-order valence-electron chi connectivity index (χ4n) is 1.74. The van der Waals surface area contributed by atoms with Crippen molar-refractivity contribution in [3.8, 4) is 16.9 Å². The van der Waals surface area contributed by atoms with E-state index in [9.17, 15) is 4.79 Å². The first kappa shape index (κ1) is 12.9. The zero-order chi connectivity index (χ0) is 13.1. The summed E-state index contributed by atoms with van der Waals surface area (Å²) in [6.45, 7) is 0. The van der Waals surface area contributed by atoms with Crippen LogP contribution >= 0.6 is 23.2 Å². The summed E-state index contributed by atoms with van der Waals surface area (Å²) in [4.78, 5) is 11.0. The first-order valence-electron chi connectivity index (χ1n) is 5.25. The van der Waals surface area contributed by atoms with Gasteiger partial charge in [-0.15, -0.1) is 0 Å². The number of halogens is 2. The van der Waals surface area contributed by atoms with Crippen molar-refractivity contribution in [3.05, 3.63) is 52.0 Å². The molecule has 2 aromatic carbocycles. The number of benzene rings is 2. The molecule has 0 aliphatic heterocycles. The highest BCUT2D eigenvalue weighted by Crippen LogP contribution is 2.37. The van der Waals surface area contributed by atoms with Gasteiger partial charge in [0.25, 0.3) is 0 Å².